The topological polar surface area (TPSA) is 17.8 Å². The lowest BCUT2D eigenvalue weighted by Crippen LogP contribution is -2.05. The average molecular weight is 256 g/mol. The van der Waals surface area contributed by atoms with Crippen LogP contribution in [0, 0.1) is 5.92 Å². The quantitative estimate of drug-likeness (QED) is 0.754. The normalized spacial score (nSPS) is 12.8. The van der Waals surface area contributed by atoms with Crippen molar-refractivity contribution in [1.82, 2.24) is 9.78 Å². The van der Waals surface area contributed by atoms with Gasteiger partial charge in [-0.2, -0.15) is 5.10 Å². The maximum atomic E-state index is 4.62. The van der Waals surface area contributed by atoms with Crippen molar-refractivity contribution in [2.24, 2.45) is 5.92 Å². The summed E-state index contributed by atoms with van der Waals surface area (Å²) in [6.07, 6.45) is 5.54. The van der Waals surface area contributed by atoms with Crippen LogP contribution in [0.15, 0.2) is 42.6 Å². The van der Waals surface area contributed by atoms with Crippen LogP contribution in [-0.2, 0) is 12.8 Å². The van der Waals surface area contributed by atoms with Crippen molar-refractivity contribution in [1.29, 1.82) is 0 Å². The molecule has 1 unspecified atom stereocenters. The standard InChI is InChI=1S/C17H24N2/c1-14(2)19-12-11-17(18-19)13-15(3)9-10-16-7-5-4-6-8-16/h4-8,11-12,14-15H,9-10,13H2,1-3H3. The van der Waals surface area contributed by atoms with Crippen LogP contribution in [-0.4, -0.2) is 9.78 Å². The molecule has 0 bridgehead atoms. The third-order valence-electron chi connectivity index (χ3n) is 3.52. The molecule has 0 amide bonds. The Hall–Kier alpha value is -1.57. The van der Waals surface area contributed by atoms with Crippen LogP contribution in [0.4, 0.5) is 0 Å². The fourth-order valence-corrected chi connectivity index (χ4v) is 2.29. The van der Waals surface area contributed by atoms with E-state index in [1.165, 1.54) is 17.7 Å². The van der Waals surface area contributed by atoms with Gasteiger partial charge in [-0.25, -0.2) is 0 Å². The van der Waals surface area contributed by atoms with Crippen LogP contribution in [0.2, 0.25) is 0 Å². The minimum Gasteiger partial charge on any atom is -0.270 e. The summed E-state index contributed by atoms with van der Waals surface area (Å²) in [7, 11) is 0. The summed E-state index contributed by atoms with van der Waals surface area (Å²) >= 11 is 0. The second kappa shape index (κ2) is 6.55. The molecule has 2 heteroatoms. The number of benzene rings is 1. The van der Waals surface area contributed by atoms with E-state index in [9.17, 15) is 0 Å². The van der Waals surface area contributed by atoms with Crippen molar-refractivity contribution in [2.75, 3.05) is 0 Å². The molecule has 0 radical (unpaired) electrons. The lowest BCUT2D eigenvalue weighted by Gasteiger charge is -2.10. The highest BCUT2D eigenvalue weighted by atomic mass is 15.3. The highest BCUT2D eigenvalue weighted by molar-refractivity contribution is 5.14. The van der Waals surface area contributed by atoms with Gasteiger partial charge in [0.25, 0.3) is 0 Å². The van der Waals surface area contributed by atoms with Gasteiger partial charge in [-0.15, -0.1) is 0 Å². The second-order valence-corrected chi connectivity index (χ2v) is 5.71. The lowest BCUT2D eigenvalue weighted by atomic mass is 9.97. The Labute approximate surface area is 116 Å². The van der Waals surface area contributed by atoms with Gasteiger partial charge in [-0.1, -0.05) is 37.3 Å². The zero-order chi connectivity index (χ0) is 13.7. The SMILES string of the molecule is CC(CCc1ccccc1)Cc1ccn(C(C)C)n1. The molecule has 0 aliphatic heterocycles. The second-order valence-electron chi connectivity index (χ2n) is 5.71. The zero-order valence-electron chi connectivity index (χ0n) is 12.2. The molecule has 1 aromatic carbocycles. The van der Waals surface area contributed by atoms with Gasteiger partial charge in [0.15, 0.2) is 0 Å². The Balaban J connectivity index is 1.82. The smallest absolute Gasteiger partial charge is 0.0627 e. The molecule has 0 fully saturated rings. The number of rotatable bonds is 6. The minimum atomic E-state index is 0.452. The van der Waals surface area contributed by atoms with Crippen LogP contribution < -0.4 is 0 Å². The summed E-state index contributed by atoms with van der Waals surface area (Å²) in [5, 5.41) is 4.62. The number of hydrogen-bond donors (Lipinski definition) is 0. The van der Waals surface area contributed by atoms with Gasteiger partial charge in [-0.05, 0) is 50.7 Å². The van der Waals surface area contributed by atoms with Crippen LogP contribution in [0.5, 0.6) is 0 Å². The van der Waals surface area contributed by atoms with E-state index in [1.807, 2.05) is 4.68 Å². The lowest BCUT2D eigenvalue weighted by molar-refractivity contribution is 0.496. The highest BCUT2D eigenvalue weighted by Gasteiger charge is 2.08. The molecule has 2 aromatic rings. The third-order valence-corrected chi connectivity index (χ3v) is 3.52. The van der Waals surface area contributed by atoms with E-state index in [-0.39, 0.29) is 0 Å². The summed E-state index contributed by atoms with van der Waals surface area (Å²) in [5.41, 5.74) is 2.65. The first-order valence-electron chi connectivity index (χ1n) is 7.23. The Bertz CT molecular complexity index is 485. The van der Waals surface area contributed by atoms with Crippen LogP contribution >= 0.6 is 0 Å². The fourth-order valence-electron chi connectivity index (χ4n) is 2.29. The van der Waals surface area contributed by atoms with Gasteiger partial charge in [0, 0.05) is 12.2 Å². The van der Waals surface area contributed by atoms with E-state index in [0.29, 0.717) is 12.0 Å². The molecule has 0 N–H and O–H groups in total. The van der Waals surface area contributed by atoms with Crippen molar-refractivity contribution < 1.29 is 0 Å². The summed E-state index contributed by atoms with van der Waals surface area (Å²) in [4.78, 5) is 0. The molecule has 0 spiro atoms. The molecule has 2 rings (SSSR count). The molecule has 1 atom stereocenters. The van der Waals surface area contributed by atoms with Crippen molar-refractivity contribution in [3.05, 3.63) is 53.9 Å². The average Bonchev–Trinajstić information content (AvgIpc) is 2.86. The Morgan fingerprint density at radius 1 is 1.05 bits per heavy atom. The molecule has 0 saturated carbocycles. The molecule has 1 aromatic heterocycles. The van der Waals surface area contributed by atoms with Crippen LogP contribution in [0.25, 0.3) is 0 Å². The van der Waals surface area contributed by atoms with Gasteiger partial charge in [0.05, 0.1) is 5.69 Å². The van der Waals surface area contributed by atoms with Crippen LogP contribution in [0.3, 0.4) is 0 Å². The van der Waals surface area contributed by atoms with E-state index >= 15 is 0 Å². The van der Waals surface area contributed by atoms with Gasteiger partial charge in [-0.3, -0.25) is 4.68 Å². The number of aromatic nitrogens is 2. The maximum absolute atomic E-state index is 4.62. The van der Waals surface area contributed by atoms with Crippen molar-refractivity contribution in [2.45, 2.75) is 46.1 Å². The van der Waals surface area contributed by atoms with Gasteiger partial charge in [0.2, 0.25) is 0 Å². The molecule has 0 saturated heterocycles. The minimum absolute atomic E-state index is 0.452. The van der Waals surface area contributed by atoms with E-state index in [0.717, 1.165) is 12.8 Å². The van der Waals surface area contributed by atoms with E-state index in [4.69, 9.17) is 0 Å². The van der Waals surface area contributed by atoms with Crippen LogP contribution in [0.1, 0.15) is 44.5 Å². The molecule has 102 valence electrons. The molecular formula is C17H24N2. The number of aryl methyl sites for hydroxylation is 1. The largest absolute Gasteiger partial charge is 0.270 e. The number of nitrogens with zero attached hydrogens (tertiary/aromatic N) is 2. The van der Waals surface area contributed by atoms with Crippen molar-refractivity contribution in [3.8, 4) is 0 Å². The first kappa shape index (κ1) is 13.9. The third kappa shape index (κ3) is 4.23. The molecule has 2 nitrogen and oxygen atoms in total. The first-order chi connectivity index (χ1) is 9.15. The molecule has 0 aliphatic rings. The predicted molar refractivity (Wildman–Crippen MR) is 80.2 cm³/mol. The summed E-state index contributed by atoms with van der Waals surface area (Å²) in [6.45, 7) is 6.64. The number of hydrogen-bond acceptors (Lipinski definition) is 1. The van der Waals surface area contributed by atoms with E-state index < -0.39 is 0 Å². The molecular weight excluding hydrogens is 232 g/mol. The fraction of sp³-hybridized carbons (Fsp3) is 0.471. The Morgan fingerprint density at radius 3 is 2.42 bits per heavy atom. The Kier molecular flexibility index (Phi) is 4.78. The van der Waals surface area contributed by atoms with Crippen molar-refractivity contribution in [3.63, 3.8) is 0 Å². The van der Waals surface area contributed by atoms with E-state index in [2.05, 4.69) is 68.5 Å². The van der Waals surface area contributed by atoms with Crippen molar-refractivity contribution >= 4 is 0 Å². The highest BCUT2D eigenvalue weighted by Crippen LogP contribution is 2.15. The molecule has 0 aliphatic carbocycles. The summed E-state index contributed by atoms with van der Waals surface area (Å²) in [5.74, 6) is 0.677. The predicted octanol–water partition coefficient (Wildman–Crippen LogP) is 4.28. The molecule has 1 heterocycles. The molecule has 19 heavy (non-hydrogen) atoms. The Morgan fingerprint density at radius 2 is 1.79 bits per heavy atom. The van der Waals surface area contributed by atoms with E-state index in [1.54, 1.807) is 0 Å². The summed E-state index contributed by atoms with van der Waals surface area (Å²) in [6, 6.07) is 13.3. The first-order valence-corrected chi connectivity index (χ1v) is 7.23. The van der Waals surface area contributed by atoms with Gasteiger partial charge in [0.1, 0.15) is 0 Å². The van der Waals surface area contributed by atoms with Gasteiger partial charge < -0.3 is 0 Å². The monoisotopic (exact) mass is 256 g/mol. The summed E-state index contributed by atoms with van der Waals surface area (Å²) < 4.78 is 2.04. The van der Waals surface area contributed by atoms with Gasteiger partial charge >= 0.3 is 0 Å². The maximum Gasteiger partial charge on any atom is 0.0627 e. The zero-order valence-corrected chi connectivity index (χ0v) is 12.2.